The minimum absolute atomic E-state index is 0.0866. The van der Waals surface area contributed by atoms with Gasteiger partial charge in [-0.3, -0.25) is 4.79 Å². The normalized spacial score (nSPS) is 12.8. The third-order valence-corrected chi connectivity index (χ3v) is 8.36. The second-order valence-electron chi connectivity index (χ2n) is 9.70. The van der Waals surface area contributed by atoms with E-state index in [0.717, 1.165) is 70.0 Å². The highest BCUT2D eigenvalue weighted by atomic mass is 35.5. The zero-order chi connectivity index (χ0) is 27.5. The van der Waals surface area contributed by atoms with Crippen LogP contribution in [0.5, 0.6) is 0 Å². The lowest BCUT2D eigenvalue weighted by molar-refractivity contribution is 0.102. The molecule has 0 unspecified atom stereocenters. The quantitative estimate of drug-likeness (QED) is 0.170. The predicted octanol–water partition coefficient (Wildman–Crippen LogP) is 7.40. The molecule has 3 amide bonds. The van der Waals surface area contributed by atoms with Gasteiger partial charge in [0.25, 0.3) is 5.91 Å². The molecule has 1 aliphatic carbocycles. The fourth-order valence-corrected chi connectivity index (χ4v) is 6.48. The van der Waals surface area contributed by atoms with E-state index in [-0.39, 0.29) is 5.91 Å². The molecule has 2 aromatic heterocycles. The number of benzene rings is 2. The third kappa shape index (κ3) is 5.92. The summed E-state index contributed by atoms with van der Waals surface area (Å²) < 4.78 is 2.13. The number of halogens is 1. The molecule has 0 aliphatic heterocycles. The van der Waals surface area contributed by atoms with E-state index in [1.165, 1.54) is 4.88 Å². The molecule has 0 saturated carbocycles. The number of nitrogens with zero attached hydrogens (tertiary/aromatic N) is 2. The maximum absolute atomic E-state index is 13.7. The van der Waals surface area contributed by atoms with Gasteiger partial charge in [-0.05, 0) is 94.5 Å². The summed E-state index contributed by atoms with van der Waals surface area (Å²) in [6.07, 6.45) is 5.74. The molecule has 0 atom stereocenters. The van der Waals surface area contributed by atoms with E-state index >= 15 is 0 Å². The Hall–Kier alpha value is -3.88. The van der Waals surface area contributed by atoms with Gasteiger partial charge in [-0.1, -0.05) is 29.3 Å². The molecule has 9 heteroatoms. The Kier molecular flexibility index (Phi) is 7.86. The van der Waals surface area contributed by atoms with Gasteiger partial charge in [0.15, 0.2) is 0 Å². The predicted molar refractivity (Wildman–Crippen MR) is 160 cm³/mol. The van der Waals surface area contributed by atoms with Crippen LogP contribution in [0.15, 0.2) is 59.7 Å². The van der Waals surface area contributed by atoms with Gasteiger partial charge in [-0.15, -0.1) is 11.3 Å². The van der Waals surface area contributed by atoms with E-state index in [9.17, 15) is 9.59 Å². The van der Waals surface area contributed by atoms with Crippen LogP contribution in [0.25, 0.3) is 5.00 Å². The Bertz CT molecular complexity index is 1550. The second kappa shape index (κ2) is 11.5. The minimum Gasteiger partial charge on any atom is -0.322 e. The zero-order valence-corrected chi connectivity index (χ0v) is 23.7. The van der Waals surface area contributed by atoms with Crippen molar-refractivity contribution >= 4 is 52.5 Å². The van der Waals surface area contributed by atoms with Crippen molar-refractivity contribution in [2.45, 2.75) is 46.5 Å². The molecule has 0 bridgehead atoms. The zero-order valence-electron chi connectivity index (χ0n) is 22.1. The molecule has 39 heavy (non-hydrogen) atoms. The van der Waals surface area contributed by atoms with Crippen molar-refractivity contribution in [2.24, 2.45) is 5.10 Å². The summed E-state index contributed by atoms with van der Waals surface area (Å²) >= 11 is 7.59. The average molecular weight is 560 g/mol. The number of anilines is 2. The summed E-state index contributed by atoms with van der Waals surface area (Å²) in [4.78, 5) is 27.2. The number of hydrogen-bond acceptors (Lipinski definition) is 4. The fraction of sp³-hybridized carbons (Fsp3) is 0.233. The van der Waals surface area contributed by atoms with Crippen LogP contribution in [-0.2, 0) is 12.8 Å². The number of aryl methyl sites for hydroxylation is 3. The summed E-state index contributed by atoms with van der Waals surface area (Å²) in [5, 5.41) is 11.5. The van der Waals surface area contributed by atoms with E-state index in [0.29, 0.717) is 10.7 Å². The molecule has 5 rings (SSSR count). The highest BCUT2D eigenvalue weighted by molar-refractivity contribution is 7.15. The van der Waals surface area contributed by atoms with E-state index < -0.39 is 6.03 Å². The molecule has 0 saturated heterocycles. The van der Waals surface area contributed by atoms with E-state index in [2.05, 4.69) is 25.7 Å². The monoisotopic (exact) mass is 559 g/mol. The summed E-state index contributed by atoms with van der Waals surface area (Å²) in [7, 11) is 0. The Morgan fingerprint density at radius 3 is 2.36 bits per heavy atom. The van der Waals surface area contributed by atoms with Gasteiger partial charge >= 0.3 is 6.03 Å². The van der Waals surface area contributed by atoms with Gasteiger partial charge in [0, 0.05) is 38.2 Å². The van der Waals surface area contributed by atoms with Crippen LogP contribution >= 0.6 is 22.9 Å². The number of hydrogen-bond donors (Lipinski definition) is 3. The van der Waals surface area contributed by atoms with Gasteiger partial charge in [0.05, 0.1) is 11.8 Å². The van der Waals surface area contributed by atoms with Crippen LogP contribution in [0.3, 0.4) is 0 Å². The highest BCUT2D eigenvalue weighted by Gasteiger charge is 2.28. The summed E-state index contributed by atoms with van der Waals surface area (Å²) in [6, 6.07) is 16.2. The first-order valence-corrected chi connectivity index (χ1v) is 14.1. The van der Waals surface area contributed by atoms with Crippen molar-refractivity contribution in [3.63, 3.8) is 0 Å². The van der Waals surface area contributed by atoms with Crippen molar-refractivity contribution in [1.82, 2.24) is 9.99 Å². The van der Waals surface area contributed by atoms with Crippen molar-refractivity contribution in [3.8, 4) is 5.00 Å². The number of nitrogens with one attached hydrogen (secondary N) is 3. The van der Waals surface area contributed by atoms with Crippen LogP contribution in [-0.4, -0.2) is 22.7 Å². The molecule has 2 aromatic carbocycles. The Morgan fingerprint density at radius 1 is 0.949 bits per heavy atom. The molecule has 3 N–H and O–H groups in total. The van der Waals surface area contributed by atoms with Gasteiger partial charge in [0.1, 0.15) is 5.00 Å². The van der Waals surface area contributed by atoms with Gasteiger partial charge < -0.3 is 15.2 Å². The topological polar surface area (TPSA) is 87.5 Å². The number of amides is 3. The van der Waals surface area contributed by atoms with Crippen molar-refractivity contribution in [1.29, 1.82) is 0 Å². The summed E-state index contributed by atoms with van der Waals surface area (Å²) in [5.41, 5.74) is 9.75. The molecule has 0 fully saturated rings. The Labute approximate surface area is 236 Å². The minimum atomic E-state index is -0.455. The van der Waals surface area contributed by atoms with Gasteiger partial charge in [0.2, 0.25) is 0 Å². The number of carbonyl (C=O) groups is 2. The highest BCUT2D eigenvalue weighted by Crippen LogP contribution is 2.39. The molecule has 200 valence electrons. The van der Waals surface area contributed by atoms with Gasteiger partial charge in [-0.25, -0.2) is 10.2 Å². The smallest absolute Gasteiger partial charge is 0.322 e. The fourth-order valence-electron chi connectivity index (χ4n) is 4.86. The third-order valence-electron chi connectivity index (χ3n) is 6.83. The molecule has 1 aliphatic rings. The number of aromatic nitrogens is 1. The van der Waals surface area contributed by atoms with Crippen molar-refractivity contribution < 1.29 is 9.59 Å². The van der Waals surface area contributed by atoms with Crippen LogP contribution in [0.2, 0.25) is 5.02 Å². The number of fused-ring (bicyclic) bond motifs is 1. The maximum atomic E-state index is 13.7. The van der Waals surface area contributed by atoms with Crippen LogP contribution in [0.4, 0.5) is 16.2 Å². The number of rotatable bonds is 6. The van der Waals surface area contributed by atoms with Crippen molar-refractivity contribution in [2.75, 3.05) is 10.6 Å². The first-order chi connectivity index (χ1) is 18.8. The average Bonchev–Trinajstić information content (AvgIpc) is 3.42. The molecule has 2 heterocycles. The Balaban J connectivity index is 1.40. The van der Waals surface area contributed by atoms with E-state index in [1.807, 2.05) is 51.1 Å². The van der Waals surface area contributed by atoms with Crippen molar-refractivity contribution in [3.05, 3.63) is 98.1 Å². The number of hydrazone groups is 1. The molecule has 4 aromatic rings. The molecular formula is C30H30ClN5O2S. The summed E-state index contributed by atoms with van der Waals surface area (Å²) in [5.74, 6) is -0.0866. The van der Waals surface area contributed by atoms with Crippen LogP contribution < -0.4 is 16.1 Å². The molecule has 7 nitrogen and oxygen atoms in total. The van der Waals surface area contributed by atoms with E-state index in [4.69, 9.17) is 11.6 Å². The lowest BCUT2D eigenvalue weighted by Crippen LogP contribution is -2.24. The second-order valence-corrected chi connectivity index (χ2v) is 11.2. The standard InChI is InChI=1S/C30H30ClN5O2S/c1-18-8-12-23(13-9-18)33-28(37)27-25-6-4-5-7-26(25)39-29(27)36-19(2)16-21(20(36)3)17-32-35-30(38)34-24-14-10-22(31)11-15-24/h8-17H,4-7H2,1-3H3,(H,33,37)(H2,34,35,38)/b32-17+. The lowest BCUT2D eigenvalue weighted by atomic mass is 9.95. The number of urea groups is 1. The molecule has 0 spiro atoms. The summed E-state index contributed by atoms with van der Waals surface area (Å²) in [6.45, 7) is 6.05. The SMILES string of the molecule is Cc1ccc(NC(=O)c2c(-n3c(C)cc(/C=N/NC(=O)Nc4ccc(Cl)cc4)c3C)sc3c2CCCC3)cc1. The first-order valence-electron chi connectivity index (χ1n) is 12.9. The number of thiophene rings is 1. The van der Waals surface area contributed by atoms with Crippen LogP contribution in [0, 0.1) is 20.8 Å². The van der Waals surface area contributed by atoms with Crippen LogP contribution in [0.1, 0.15) is 56.2 Å². The lowest BCUT2D eigenvalue weighted by Gasteiger charge is -2.14. The van der Waals surface area contributed by atoms with E-state index in [1.54, 1.807) is 41.8 Å². The molecule has 0 radical (unpaired) electrons. The number of carbonyl (C=O) groups excluding carboxylic acids is 2. The molecular weight excluding hydrogens is 530 g/mol. The largest absolute Gasteiger partial charge is 0.339 e. The van der Waals surface area contributed by atoms with Gasteiger partial charge in [-0.2, -0.15) is 5.10 Å². The maximum Gasteiger partial charge on any atom is 0.339 e. The Morgan fingerprint density at radius 2 is 1.62 bits per heavy atom. The first kappa shape index (κ1) is 26.7.